The fourth-order valence-corrected chi connectivity index (χ4v) is 2.32. The molecule has 0 aliphatic carbocycles. The molecule has 1 atom stereocenters. The van der Waals surface area contributed by atoms with Crippen LogP contribution in [0.5, 0.6) is 0 Å². The van der Waals surface area contributed by atoms with Crippen LogP contribution in [0.4, 0.5) is 5.82 Å². The van der Waals surface area contributed by atoms with E-state index in [0.717, 1.165) is 10.7 Å². The number of aryl methyl sites for hydroxylation is 1. The maximum atomic E-state index is 12.0. The van der Waals surface area contributed by atoms with Gasteiger partial charge in [-0.25, -0.2) is 9.97 Å². The van der Waals surface area contributed by atoms with Crippen molar-refractivity contribution >= 4 is 23.1 Å². The summed E-state index contributed by atoms with van der Waals surface area (Å²) in [6.45, 7) is 3.82. The standard InChI is InChI=1S/C12H14N4OS/c1-7-6-18-12(15-7)8(2)16-11(17)9-4-3-5-14-10(9)13/h3-6,8H,1-2H3,(H2,13,14)(H,16,17). The SMILES string of the molecule is Cc1csc(C(C)NC(=O)c2cccnc2N)n1. The van der Waals surface area contributed by atoms with Crippen LogP contribution in [-0.2, 0) is 0 Å². The number of nitrogen functional groups attached to an aromatic ring is 1. The number of rotatable bonds is 3. The van der Waals surface area contributed by atoms with E-state index in [0.29, 0.717) is 5.56 Å². The monoisotopic (exact) mass is 262 g/mol. The third-order valence-corrected chi connectivity index (χ3v) is 3.58. The Balaban J connectivity index is 2.10. The molecule has 94 valence electrons. The van der Waals surface area contributed by atoms with Crippen LogP contribution < -0.4 is 11.1 Å². The molecule has 2 heterocycles. The molecule has 2 aromatic rings. The minimum absolute atomic E-state index is 0.143. The second-order valence-electron chi connectivity index (χ2n) is 3.96. The Morgan fingerprint density at radius 3 is 2.94 bits per heavy atom. The molecule has 6 heteroatoms. The highest BCUT2D eigenvalue weighted by Crippen LogP contribution is 2.18. The van der Waals surface area contributed by atoms with Crippen molar-refractivity contribution in [2.45, 2.75) is 19.9 Å². The van der Waals surface area contributed by atoms with E-state index >= 15 is 0 Å². The third kappa shape index (κ3) is 2.65. The molecule has 1 amide bonds. The minimum atomic E-state index is -0.235. The number of nitrogens with two attached hydrogens (primary N) is 1. The Morgan fingerprint density at radius 1 is 1.56 bits per heavy atom. The first kappa shape index (κ1) is 12.5. The molecular weight excluding hydrogens is 248 g/mol. The second-order valence-corrected chi connectivity index (χ2v) is 4.85. The van der Waals surface area contributed by atoms with Gasteiger partial charge < -0.3 is 11.1 Å². The molecule has 0 bridgehead atoms. The number of anilines is 1. The fraction of sp³-hybridized carbons (Fsp3) is 0.250. The molecule has 0 saturated heterocycles. The zero-order valence-electron chi connectivity index (χ0n) is 10.2. The van der Waals surface area contributed by atoms with Gasteiger partial charge in [-0.1, -0.05) is 0 Å². The van der Waals surface area contributed by atoms with Crippen LogP contribution in [0.3, 0.4) is 0 Å². The van der Waals surface area contributed by atoms with Crippen LogP contribution in [0, 0.1) is 6.92 Å². The van der Waals surface area contributed by atoms with Gasteiger partial charge >= 0.3 is 0 Å². The summed E-state index contributed by atoms with van der Waals surface area (Å²) in [6, 6.07) is 3.19. The highest BCUT2D eigenvalue weighted by atomic mass is 32.1. The molecule has 0 aliphatic heterocycles. The highest BCUT2D eigenvalue weighted by Gasteiger charge is 2.15. The van der Waals surface area contributed by atoms with Gasteiger partial charge in [0.2, 0.25) is 0 Å². The molecule has 0 spiro atoms. The summed E-state index contributed by atoms with van der Waals surface area (Å²) >= 11 is 1.53. The average molecular weight is 262 g/mol. The number of nitrogens with zero attached hydrogens (tertiary/aromatic N) is 2. The molecule has 0 fully saturated rings. The largest absolute Gasteiger partial charge is 0.383 e. The molecule has 0 radical (unpaired) electrons. The first-order chi connectivity index (χ1) is 8.58. The molecular formula is C12H14N4OS. The average Bonchev–Trinajstić information content (AvgIpc) is 2.76. The lowest BCUT2D eigenvalue weighted by atomic mass is 10.2. The third-order valence-electron chi connectivity index (χ3n) is 2.44. The lowest BCUT2D eigenvalue weighted by molar-refractivity contribution is 0.0940. The van der Waals surface area contributed by atoms with Crippen molar-refractivity contribution in [2.24, 2.45) is 0 Å². The zero-order valence-corrected chi connectivity index (χ0v) is 11.0. The lowest BCUT2D eigenvalue weighted by Crippen LogP contribution is -2.27. The number of carbonyl (C=O) groups excluding carboxylic acids is 1. The topological polar surface area (TPSA) is 80.9 Å². The van der Waals surface area contributed by atoms with E-state index in [9.17, 15) is 4.79 Å². The normalized spacial score (nSPS) is 12.1. The lowest BCUT2D eigenvalue weighted by Gasteiger charge is -2.11. The summed E-state index contributed by atoms with van der Waals surface area (Å²) < 4.78 is 0. The van der Waals surface area contributed by atoms with Crippen LogP contribution in [0.15, 0.2) is 23.7 Å². The Morgan fingerprint density at radius 2 is 2.33 bits per heavy atom. The molecule has 2 aromatic heterocycles. The number of hydrogen-bond donors (Lipinski definition) is 2. The number of nitrogens with one attached hydrogen (secondary N) is 1. The van der Waals surface area contributed by atoms with Crippen molar-refractivity contribution in [3.63, 3.8) is 0 Å². The van der Waals surface area contributed by atoms with Crippen LogP contribution in [-0.4, -0.2) is 15.9 Å². The van der Waals surface area contributed by atoms with Gasteiger partial charge in [0, 0.05) is 17.3 Å². The van der Waals surface area contributed by atoms with Gasteiger partial charge in [0.05, 0.1) is 11.6 Å². The summed E-state index contributed by atoms with van der Waals surface area (Å²) in [4.78, 5) is 20.2. The summed E-state index contributed by atoms with van der Waals surface area (Å²) in [5.41, 5.74) is 7.00. The second kappa shape index (κ2) is 5.14. The number of pyridine rings is 1. The van der Waals surface area contributed by atoms with Crippen LogP contribution in [0.25, 0.3) is 0 Å². The van der Waals surface area contributed by atoms with Crippen LogP contribution >= 0.6 is 11.3 Å². The predicted molar refractivity (Wildman–Crippen MR) is 71.4 cm³/mol. The van der Waals surface area contributed by atoms with E-state index in [1.807, 2.05) is 19.2 Å². The first-order valence-electron chi connectivity index (χ1n) is 5.51. The maximum absolute atomic E-state index is 12.0. The van der Waals surface area contributed by atoms with Crippen LogP contribution in [0.1, 0.15) is 34.0 Å². The highest BCUT2D eigenvalue weighted by molar-refractivity contribution is 7.09. The summed E-state index contributed by atoms with van der Waals surface area (Å²) in [5.74, 6) is -0.00141. The predicted octanol–water partition coefficient (Wildman–Crippen LogP) is 1.92. The van der Waals surface area contributed by atoms with Gasteiger partial charge in [-0.15, -0.1) is 11.3 Å². The van der Waals surface area contributed by atoms with Gasteiger partial charge in [-0.3, -0.25) is 4.79 Å². The van der Waals surface area contributed by atoms with Crippen molar-refractivity contribution in [2.75, 3.05) is 5.73 Å². The van der Waals surface area contributed by atoms with Gasteiger partial charge in [-0.05, 0) is 26.0 Å². The van der Waals surface area contributed by atoms with Gasteiger partial charge in [0.1, 0.15) is 10.8 Å². The molecule has 0 saturated carbocycles. The van der Waals surface area contributed by atoms with E-state index in [1.54, 1.807) is 18.3 Å². The Kier molecular flexibility index (Phi) is 3.57. The number of hydrogen-bond acceptors (Lipinski definition) is 5. The Labute approximate surface area is 109 Å². The number of amides is 1. The van der Waals surface area contributed by atoms with Crippen molar-refractivity contribution in [3.8, 4) is 0 Å². The summed E-state index contributed by atoms with van der Waals surface area (Å²) in [7, 11) is 0. The zero-order chi connectivity index (χ0) is 13.1. The smallest absolute Gasteiger partial charge is 0.255 e. The van der Waals surface area contributed by atoms with Crippen molar-refractivity contribution < 1.29 is 4.79 Å². The van der Waals surface area contributed by atoms with Gasteiger partial charge in [-0.2, -0.15) is 0 Å². The quantitative estimate of drug-likeness (QED) is 0.885. The number of carbonyl (C=O) groups is 1. The molecule has 0 aliphatic rings. The van der Waals surface area contributed by atoms with E-state index in [-0.39, 0.29) is 17.8 Å². The molecule has 18 heavy (non-hydrogen) atoms. The minimum Gasteiger partial charge on any atom is -0.383 e. The number of thiazole rings is 1. The van der Waals surface area contributed by atoms with Gasteiger partial charge in [0.15, 0.2) is 0 Å². The molecule has 1 unspecified atom stereocenters. The Hall–Kier alpha value is -1.95. The molecule has 0 aromatic carbocycles. The van der Waals surface area contributed by atoms with Crippen molar-refractivity contribution in [1.82, 2.24) is 15.3 Å². The van der Waals surface area contributed by atoms with Crippen molar-refractivity contribution in [1.29, 1.82) is 0 Å². The molecule has 2 rings (SSSR count). The summed E-state index contributed by atoms with van der Waals surface area (Å²) in [5, 5.41) is 5.69. The fourth-order valence-electron chi connectivity index (χ4n) is 1.52. The molecule has 5 nitrogen and oxygen atoms in total. The van der Waals surface area contributed by atoms with E-state index in [2.05, 4.69) is 15.3 Å². The Bertz CT molecular complexity index is 567. The van der Waals surface area contributed by atoms with E-state index in [1.165, 1.54) is 11.3 Å². The number of aromatic nitrogens is 2. The van der Waals surface area contributed by atoms with Crippen molar-refractivity contribution in [3.05, 3.63) is 40.0 Å². The first-order valence-corrected chi connectivity index (χ1v) is 6.39. The summed E-state index contributed by atoms with van der Waals surface area (Å²) in [6.07, 6.45) is 1.56. The maximum Gasteiger partial charge on any atom is 0.255 e. The van der Waals surface area contributed by atoms with E-state index < -0.39 is 0 Å². The molecule has 3 N–H and O–H groups in total. The van der Waals surface area contributed by atoms with Crippen LogP contribution in [0.2, 0.25) is 0 Å². The van der Waals surface area contributed by atoms with Gasteiger partial charge in [0.25, 0.3) is 5.91 Å². The van der Waals surface area contributed by atoms with E-state index in [4.69, 9.17) is 5.73 Å².